The maximum atomic E-state index is 13.5. The minimum absolute atomic E-state index is 0.0371. The zero-order valence-electron chi connectivity index (χ0n) is 22.8. The van der Waals surface area contributed by atoms with Crippen LogP contribution in [-0.2, 0) is 17.6 Å². The summed E-state index contributed by atoms with van der Waals surface area (Å²) >= 11 is 0. The lowest BCUT2D eigenvalue weighted by Crippen LogP contribution is -2.31. The van der Waals surface area contributed by atoms with Crippen LogP contribution in [0.5, 0.6) is 28.7 Å². The Kier molecular flexibility index (Phi) is 10.5. The molecular weight excluding hydrogens is 500 g/mol. The number of carbonyl (C=O) groups is 1. The van der Waals surface area contributed by atoms with Gasteiger partial charge in [0.25, 0.3) is 0 Å². The zero-order chi connectivity index (χ0) is 28.5. The van der Waals surface area contributed by atoms with Crippen molar-refractivity contribution in [2.45, 2.75) is 52.1 Å². The van der Waals surface area contributed by atoms with E-state index in [1.54, 1.807) is 30.3 Å². The van der Waals surface area contributed by atoms with Gasteiger partial charge in [0.2, 0.25) is 5.75 Å². The number of phenolic OH excluding ortho intramolecular Hbond substituents is 3. The molecule has 39 heavy (non-hydrogen) atoms. The highest BCUT2D eigenvalue weighted by molar-refractivity contribution is 5.82. The number of nitrogens with one attached hydrogen (secondary N) is 1. The van der Waals surface area contributed by atoms with Crippen LogP contribution in [-0.4, -0.2) is 52.6 Å². The van der Waals surface area contributed by atoms with Crippen molar-refractivity contribution in [3.05, 3.63) is 65.0 Å². The number of aliphatic hydroxyl groups excluding tert-OH is 1. The van der Waals surface area contributed by atoms with E-state index >= 15 is 0 Å². The van der Waals surface area contributed by atoms with Crippen molar-refractivity contribution < 1.29 is 34.7 Å². The minimum atomic E-state index is -0.916. The lowest BCUT2D eigenvalue weighted by atomic mass is 9.84. The third-order valence-corrected chi connectivity index (χ3v) is 6.66. The number of ether oxygens (including phenoxy) is 2. The van der Waals surface area contributed by atoms with Crippen molar-refractivity contribution in [2.24, 2.45) is 17.6 Å². The molecule has 212 valence electrons. The molecule has 1 aliphatic rings. The van der Waals surface area contributed by atoms with Crippen LogP contribution in [0.15, 0.2) is 53.9 Å². The van der Waals surface area contributed by atoms with Crippen molar-refractivity contribution in [1.82, 2.24) is 5.32 Å². The van der Waals surface area contributed by atoms with E-state index < -0.39 is 12.0 Å². The van der Waals surface area contributed by atoms with Crippen LogP contribution >= 0.6 is 0 Å². The fourth-order valence-electron chi connectivity index (χ4n) is 4.48. The van der Waals surface area contributed by atoms with Crippen molar-refractivity contribution in [2.75, 3.05) is 20.3 Å². The number of ketones is 1. The normalized spacial score (nSPS) is 14.7. The number of allylic oxidation sites excluding steroid dienone is 2. The van der Waals surface area contributed by atoms with Gasteiger partial charge in [-0.25, -0.2) is 0 Å². The fraction of sp³-hybridized carbons (Fsp3) is 0.433. The smallest absolute Gasteiger partial charge is 0.200 e. The van der Waals surface area contributed by atoms with Crippen molar-refractivity contribution in [3.63, 3.8) is 0 Å². The third-order valence-electron chi connectivity index (χ3n) is 6.66. The van der Waals surface area contributed by atoms with Crippen molar-refractivity contribution >= 4 is 5.78 Å². The van der Waals surface area contributed by atoms with Crippen LogP contribution in [0, 0.1) is 11.8 Å². The number of hydrogen-bond donors (Lipinski definition) is 6. The summed E-state index contributed by atoms with van der Waals surface area (Å²) in [5, 5.41) is 44.4. The molecule has 3 rings (SSSR count). The number of aryl methyl sites for hydroxylation is 2. The highest BCUT2D eigenvalue weighted by Gasteiger charge is 2.28. The molecule has 0 aromatic heterocycles. The number of nitrogens with two attached hydrogens (primary N) is 1. The van der Waals surface area contributed by atoms with Crippen LogP contribution in [0.2, 0.25) is 0 Å². The molecule has 0 bridgehead atoms. The molecule has 0 unspecified atom stereocenters. The van der Waals surface area contributed by atoms with Gasteiger partial charge in [-0.2, -0.15) is 0 Å². The number of dihydropyridines is 1. The first-order chi connectivity index (χ1) is 18.6. The third kappa shape index (κ3) is 8.58. The molecule has 7 N–H and O–H groups in total. The number of aromatic hydroxyl groups is 3. The van der Waals surface area contributed by atoms with E-state index in [1.807, 2.05) is 19.9 Å². The summed E-state index contributed by atoms with van der Waals surface area (Å²) in [7, 11) is 1.47. The van der Waals surface area contributed by atoms with E-state index in [0.717, 1.165) is 11.1 Å². The molecule has 9 nitrogen and oxygen atoms in total. The van der Waals surface area contributed by atoms with Gasteiger partial charge in [0.1, 0.15) is 5.78 Å². The minimum Gasteiger partial charge on any atom is -0.504 e. The van der Waals surface area contributed by atoms with E-state index in [4.69, 9.17) is 15.2 Å². The average molecular weight is 541 g/mol. The summed E-state index contributed by atoms with van der Waals surface area (Å²) in [5.74, 6) is -0.111. The Morgan fingerprint density at radius 2 is 1.79 bits per heavy atom. The predicted octanol–water partition coefficient (Wildman–Crippen LogP) is 3.68. The zero-order valence-corrected chi connectivity index (χ0v) is 22.8. The molecule has 1 heterocycles. The molecule has 0 spiro atoms. The van der Waals surface area contributed by atoms with Gasteiger partial charge in [0.15, 0.2) is 23.0 Å². The molecule has 0 aliphatic carbocycles. The van der Waals surface area contributed by atoms with Crippen LogP contribution in [0.3, 0.4) is 0 Å². The Bertz CT molecular complexity index is 1210. The summed E-state index contributed by atoms with van der Waals surface area (Å²) in [6.45, 7) is 4.87. The van der Waals surface area contributed by atoms with Gasteiger partial charge >= 0.3 is 0 Å². The van der Waals surface area contributed by atoms with Crippen molar-refractivity contribution in [3.8, 4) is 28.7 Å². The topological polar surface area (TPSA) is 154 Å². The lowest BCUT2D eigenvalue weighted by Gasteiger charge is -2.24. The number of aliphatic hydroxyl groups is 1. The summed E-state index contributed by atoms with van der Waals surface area (Å²) < 4.78 is 10.8. The van der Waals surface area contributed by atoms with Gasteiger partial charge in [-0.05, 0) is 78.6 Å². The molecule has 0 saturated heterocycles. The van der Waals surface area contributed by atoms with E-state index in [0.29, 0.717) is 56.0 Å². The molecule has 1 aliphatic heterocycles. The van der Waals surface area contributed by atoms with Crippen LogP contribution in [0.4, 0.5) is 0 Å². The monoisotopic (exact) mass is 540 g/mol. The second-order valence-corrected chi connectivity index (χ2v) is 10.3. The first-order valence-electron chi connectivity index (χ1n) is 13.2. The number of rotatable bonds is 14. The van der Waals surface area contributed by atoms with E-state index in [1.165, 1.54) is 13.2 Å². The first-order valence-corrected chi connectivity index (χ1v) is 13.2. The van der Waals surface area contributed by atoms with E-state index in [9.17, 15) is 25.2 Å². The Hall–Kier alpha value is -3.85. The highest BCUT2D eigenvalue weighted by atomic mass is 16.5. The van der Waals surface area contributed by atoms with E-state index in [-0.39, 0.29) is 41.1 Å². The fourth-order valence-corrected chi connectivity index (χ4v) is 4.48. The van der Waals surface area contributed by atoms with Gasteiger partial charge in [0.05, 0.1) is 25.6 Å². The van der Waals surface area contributed by atoms with Crippen LogP contribution < -0.4 is 20.5 Å². The van der Waals surface area contributed by atoms with Crippen LogP contribution in [0.1, 0.15) is 44.2 Å². The van der Waals surface area contributed by atoms with Gasteiger partial charge in [-0.1, -0.05) is 26.0 Å². The average Bonchev–Trinajstić information content (AvgIpc) is 2.90. The summed E-state index contributed by atoms with van der Waals surface area (Å²) in [5.41, 5.74) is 8.31. The first kappa shape index (κ1) is 29.7. The maximum absolute atomic E-state index is 13.5. The SMILES string of the molecule is COc1cc(CC[C@@H](O)[C@@H](CC2=CCNC(N)=C2)C(=O)CCc2cc(O)c(O)c(OCC(C)C)c2)ccc1O. The molecule has 2 atom stereocenters. The number of hydrogen-bond acceptors (Lipinski definition) is 9. The predicted molar refractivity (Wildman–Crippen MR) is 149 cm³/mol. The molecule has 2 aromatic rings. The summed E-state index contributed by atoms with van der Waals surface area (Å²) in [6.07, 6.45) is 4.41. The van der Waals surface area contributed by atoms with Gasteiger partial charge in [-0.3, -0.25) is 4.79 Å². The second kappa shape index (κ2) is 13.8. The lowest BCUT2D eigenvalue weighted by molar-refractivity contribution is -0.126. The summed E-state index contributed by atoms with van der Waals surface area (Å²) in [6, 6.07) is 8.08. The van der Waals surface area contributed by atoms with Gasteiger partial charge in [-0.15, -0.1) is 0 Å². The highest BCUT2D eigenvalue weighted by Crippen LogP contribution is 2.37. The molecular formula is C30H40N2O7. The Labute approximate surface area is 229 Å². The maximum Gasteiger partial charge on any atom is 0.200 e. The molecule has 0 fully saturated rings. The number of phenols is 3. The Morgan fingerprint density at radius 3 is 2.49 bits per heavy atom. The molecule has 0 saturated carbocycles. The molecule has 9 heteroatoms. The standard InChI is InChI=1S/C30H40N2O7/c1-18(2)17-39-28-15-20(13-26(36)30(28)37)6-8-24(34)22(12-21-10-11-32-29(31)16-21)23(33)7-4-19-5-9-25(35)27(14-19)38-3/h5,9-10,13-16,18,22-23,32-33,35-37H,4,6-8,11-12,17,31H2,1-3H3/t22-,23-/m1/s1. The van der Waals surface area contributed by atoms with Gasteiger partial charge in [0, 0.05) is 18.9 Å². The number of benzene rings is 2. The second-order valence-electron chi connectivity index (χ2n) is 10.3. The number of Topliss-reactive ketones (excluding diaryl/α,β-unsaturated/α-hetero) is 1. The van der Waals surface area contributed by atoms with Gasteiger partial charge < -0.3 is 41.0 Å². The van der Waals surface area contributed by atoms with Crippen LogP contribution in [0.25, 0.3) is 0 Å². The quantitative estimate of drug-likeness (QED) is 0.197. The molecule has 2 aromatic carbocycles. The van der Waals surface area contributed by atoms with Crippen molar-refractivity contribution in [1.29, 1.82) is 0 Å². The summed E-state index contributed by atoms with van der Waals surface area (Å²) in [4.78, 5) is 13.5. The Morgan fingerprint density at radius 1 is 1.05 bits per heavy atom. The molecule has 0 amide bonds. The molecule has 0 radical (unpaired) electrons. The Balaban J connectivity index is 1.73. The van der Waals surface area contributed by atoms with E-state index in [2.05, 4.69) is 5.32 Å². The number of carbonyl (C=O) groups excluding carboxylic acids is 1. The largest absolute Gasteiger partial charge is 0.504 e. The number of methoxy groups -OCH3 is 1.